The summed E-state index contributed by atoms with van der Waals surface area (Å²) in [5.74, 6) is 0.0330. The molecule has 0 aliphatic heterocycles. The number of anilines is 1. The number of aromatic amines is 1. The van der Waals surface area contributed by atoms with Crippen molar-refractivity contribution in [2.24, 2.45) is 0 Å². The van der Waals surface area contributed by atoms with E-state index in [0.717, 1.165) is 6.07 Å². The molecule has 3 N–H and O–H groups in total. The van der Waals surface area contributed by atoms with Gasteiger partial charge in [0.1, 0.15) is 11.6 Å². The number of thioether (sulfide) groups is 1. The summed E-state index contributed by atoms with van der Waals surface area (Å²) >= 11 is 1.21. The topological polar surface area (TPSA) is 95.6 Å². The van der Waals surface area contributed by atoms with Crippen LogP contribution in [0.4, 0.5) is 10.2 Å². The number of nitriles is 1. The first-order chi connectivity index (χ1) is 9.06. The Balaban J connectivity index is 2.16. The first-order valence-electron chi connectivity index (χ1n) is 5.26. The number of rotatable bonds is 3. The Morgan fingerprint density at radius 1 is 1.42 bits per heavy atom. The van der Waals surface area contributed by atoms with Gasteiger partial charge >= 0.3 is 0 Å². The summed E-state index contributed by atoms with van der Waals surface area (Å²) < 4.78 is 13.2. The molecule has 2 aromatic rings. The molecule has 0 radical (unpaired) electrons. The van der Waals surface area contributed by atoms with Crippen molar-refractivity contribution in [3.8, 4) is 6.07 Å². The zero-order valence-corrected chi connectivity index (χ0v) is 10.5. The van der Waals surface area contributed by atoms with E-state index < -0.39 is 5.82 Å². The quantitative estimate of drug-likeness (QED) is 0.656. The van der Waals surface area contributed by atoms with E-state index in [9.17, 15) is 9.18 Å². The van der Waals surface area contributed by atoms with Crippen molar-refractivity contribution in [2.45, 2.75) is 10.9 Å². The fourth-order valence-corrected chi connectivity index (χ4v) is 2.28. The van der Waals surface area contributed by atoms with E-state index in [1.807, 2.05) is 6.07 Å². The van der Waals surface area contributed by atoms with Gasteiger partial charge in [-0.1, -0.05) is 11.8 Å². The van der Waals surface area contributed by atoms with Crippen molar-refractivity contribution < 1.29 is 4.39 Å². The third-order valence-electron chi connectivity index (χ3n) is 2.20. The van der Waals surface area contributed by atoms with E-state index in [2.05, 4.69) is 9.97 Å². The highest BCUT2D eigenvalue weighted by Gasteiger charge is 2.04. The molecule has 0 saturated heterocycles. The highest BCUT2D eigenvalue weighted by atomic mass is 32.2. The van der Waals surface area contributed by atoms with Gasteiger partial charge in [0.2, 0.25) is 0 Å². The van der Waals surface area contributed by atoms with Crippen molar-refractivity contribution in [3.05, 3.63) is 51.6 Å². The Morgan fingerprint density at radius 2 is 2.21 bits per heavy atom. The molecule has 5 nitrogen and oxygen atoms in total. The van der Waals surface area contributed by atoms with Gasteiger partial charge in [0.25, 0.3) is 5.56 Å². The smallest absolute Gasteiger partial charge is 0.253 e. The van der Waals surface area contributed by atoms with Gasteiger partial charge in [-0.15, -0.1) is 0 Å². The van der Waals surface area contributed by atoms with Gasteiger partial charge in [-0.05, 0) is 23.8 Å². The first kappa shape index (κ1) is 13.1. The molecule has 0 aliphatic rings. The minimum absolute atomic E-state index is 0.128. The van der Waals surface area contributed by atoms with Crippen LogP contribution in [0.25, 0.3) is 0 Å². The maximum atomic E-state index is 13.2. The van der Waals surface area contributed by atoms with Crippen molar-refractivity contribution in [1.29, 1.82) is 5.26 Å². The largest absolute Gasteiger partial charge is 0.383 e. The Hall–Kier alpha value is -2.33. The summed E-state index contributed by atoms with van der Waals surface area (Å²) in [6.45, 7) is 0. The van der Waals surface area contributed by atoms with E-state index in [0.29, 0.717) is 16.5 Å². The average Bonchev–Trinajstić information content (AvgIpc) is 2.34. The molecule has 0 bridgehead atoms. The van der Waals surface area contributed by atoms with Gasteiger partial charge < -0.3 is 10.7 Å². The first-order valence-corrected chi connectivity index (χ1v) is 6.24. The lowest BCUT2D eigenvalue weighted by molar-refractivity contribution is 0.626. The molecule has 1 aromatic carbocycles. The van der Waals surface area contributed by atoms with Gasteiger partial charge in [0, 0.05) is 11.8 Å². The molecule has 1 aromatic heterocycles. The Labute approximate surface area is 112 Å². The van der Waals surface area contributed by atoms with Crippen molar-refractivity contribution in [3.63, 3.8) is 0 Å². The third-order valence-corrected chi connectivity index (χ3v) is 3.15. The van der Waals surface area contributed by atoms with Crippen LogP contribution in [-0.4, -0.2) is 9.97 Å². The molecule has 1 heterocycles. The van der Waals surface area contributed by atoms with Gasteiger partial charge in [-0.25, -0.2) is 9.37 Å². The van der Waals surface area contributed by atoms with Crippen LogP contribution in [0.2, 0.25) is 0 Å². The summed E-state index contributed by atoms with van der Waals surface area (Å²) in [6.07, 6.45) is 0. The molecule has 0 atom stereocenters. The Morgan fingerprint density at radius 3 is 2.89 bits per heavy atom. The lowest BCUT2D eigenvalue weighted by Gasteiger charge is -2.03. The zero-order valence-electron chi connectivity index (χ0n) is 9.68. The van der Waals surface area contributed by atoms with Crippen LogP contribution in [0.3, 0.4) is 0 Å². The molecule has 0 unspecified atom stereocenters. The summed E-state index contributed by atoms with van der Waals surface area (Å²) in [7, 11) is 0. The number of aromatic nitrogens is 2. The SMILES string of the molecule is N#Cc1cc(F)cc(CSc2nc(N)cc(=O)[nH]2)c1. The highest BCUT2D eigenvalue weighted by Crippen LogP contribution is 2.20. The summed E-state index contributed by atoms with van der Waals surface area (Å²) in [5, 5.41) is 9.10. The summed E-state index contributed by atoms with van der Waals surface area (Å²) in [5.41, 5.74) is 6.00. The number of nitrogens with zero attached hydrogens (tertiary/aromatic N) is 2. The molecule has 0 amide bonds. The van der Waals surface area contributed by atoms with Crippen LogP contribution in [0.15, 0.2) is 34.2 Å². The van der Waals surface area contributed by atoms with E-state index in [1.165, 1.54) is 23.9 Å². The third kappa shape index (κ3) is 3.56. The number of benzene rings is 1. The number of halogens is 1. The van der Waals surface area contributed by atoms with Crippen molar-refractivity contribution in [1.82, 2.24) is 9.97 Å². The van der Waals surface area contributed by atoms with Crippen LogP contribution in [0.1, 0.15) is 11.1 Å². The monoisotopic (exact) mass is 276 g/mol. The maximum Gasteiger partial charge on any atom is 0.253 e. The van der Waals surface area contributed by atoms with E-state index >= 15 is 0 Å². The summed E-state index contributed by atoms with van der Waals surface area (Å²) in [4.78, 5) is 17.6. The fourth-order valence-electron chi connectivity index (χ4n) is 1.47. The fraction of sp³-hybridized carbons (Fsp3) is 0.0833. The van der Waals surface area contributed by atoms with E-state index in [4.69, 9.17) is 11.0 Å². The van der Waals surface area contributed by atoms with Crippen LogP contribution in [0.5, 0.6) is 0 Å². The van der Waals surface area contributed by atoms with Gasteiger partial charge in [-0.3, -0.25) is 4.79 Å². The number of nitrogens with two attached hydrogens (primary N) is 1. The number of nitrogen functional groups attached to an aromatic ring is 1. The number of nitrogens with one attached hydrogen (secondary N) is 1. The number of hydrogen-bond acceptors (Lipinski definition) is 5. The van der Waals surface area contributed by atoms with Gasteiger partial charge in [0.05, 0.1) is 11.6 Å². The Bertz CT molecular complexity index is 708. The standard InChI is InChI=1S/C12H9FN4OS/c13-9-2-7(5-14)1-8(3-9)6-19-12-16-10(15)4-11(18)17-12/h1-4H,6H2,(H3,15,16,17,18). The molecule has 0 aliphatic carbocycles. The Kier molecular flexibility index (Phi) is 3.82. The van der Waals surface area contributed by atoms with Crippen LogP contribution in [0, 0.1) is 17.1 Å². The van der Waals surface area contributed by atoms with Crippen LogP contribution >= 0.6 is 11.8 Å². The lowest BCUT2D eigenvalue weighted by atomic mass is 10.1. The van der Waals surface area contributed by atoms with Crippen LogP contribution < -0.4 is 11.3 Å². The predicted molar refractivity (Wildman–Crippen MR) is 69.9 cm³/mol. The minimum Gasteiger partial charge on any atom is -0.383 e. The molecular formula is C12H9FN4OS. The lowest BCUT2D eigenvalue weighted by Crippen LogP contribution is -2.09. The highest BCUT2D eigenvalue weighted by molar-refractivity contribution is 7.98. The molecule has 0 saturated carbocycles. The minimum atomic E-state index is -0.469. The molecule has 2 rings (SSSR count). The second-order valence-electron chi connectivity index (χ2n) is 3.72. The molecule has 7 heteroatoms. The second kappa shape index (κ2) is 5.54. The average molecular weight is 276 g/mol. The van der Waals surface area contributed by atoms with Crippen molar-refractivity contribution in [2.75, 3.05) is 5.73 Å². The van der Waals surface area contributed by atoms with E-state index in [-0.39, 0.29) is 16.9 Å². The summed E-state index contributed by atoms with van der Waals surface area (Å²) in [6, 6.07) is 7.14. The molecule has 19 heavy (non-hydrogen) atoms. The zero-order chi connectivity index (χ0) is 13.8. The second-order valence-corrected chi connectivity index (χ2v) is 4.69. The maximum absolute atomic E-state index is 13.2. The van der Waals surface area contributed by atoms with Gasteiger partial charge in [-0.2, -0.15) is 5.26 Å². The van der Waals surface area contributed by atoms with Crippen molar-refractivity contribution >= 4 is 17.6 Å². The predicted octanol–water partition coefficient (Wildman–Crippen LogP) is 1.66. The van der Waals surface area contributed by atoms with E-state index in [1.54, 1.807) is 6.07 Å². The molecule has 0 spiro atoms. The van der Waals surface area contributed by atoms with Gasteiger partial charge in [0.15, 0.2) is 5.16 Å². The molecule has 0 fully saturated rings. The number of H-pyrrole nitrogens is 1. The number of hydrogen-bond donors (Lipinski definition) is 2. The molecule has 96 valence electrons. The van der Waals surface area contributed by atoms with Crippen LogP contribution in [-0.2, 0) is 5.75 Å². The molecular weight excluding hydrogens is 267 g/mol. The normalized spacial score (nSPS) is 10.1.